The van der Waals surface area contributed by atoms with Gasteiger partial charge in [-0.1, -0.05) is 31.2 Å². The van der Waals surface area contributed by atoms with E-state index >= 15 is 0 Å². The molecule has 1 aromatic carbocycles. The van der Waals surface area contributed by atoms with Crippen LogP contribution in [0.5, 0.6) is 0 Å². The van der Waals surface area contributed by atoms with Gasteiger partial charge in [-0.15, -0.1) is 0 Å². The van der Waals surface area contributed by atoms with E-state index in [1.165, 1.54) is 6.07 Å². The van der Waals surface area contributed by atoms with Gasteiger partial charge < -0.3 is 10.4 Å². The van der Waals surface area contributed by atoms with Crippen molar-refractivity contribution in [2.24, 2.45) is 5.92 Å². The molecule has 1 unspecified atom stereocenters. The quantitative estimate of drug-likeness (QED) is 0.819. The van der Waals surface area contributed by atoms with E-state index in [0.29, 0.717) is 5.92 Å². The molecule has 4 nitrogen and oxygen atoms in total. The van der Waals surface area contributed by atoms with Crippen LogP contribution in [0.3, 0.4) is 0 Å². The number of rotatable bonds is 3. The fourth-order valence-corrected chi connectivity index (χ4v) is 2.27. The molecule has 0 fully saturated rings. The van der Waals surface area contributed by atoms with Crippen LogP contribution in [0.4, 0.5) is 0 Å². The van der Waals surface area contributed by atoms with Gasteiger partial charge in [0.15, 0.2) is 0 Å². The zero-order valence-corrected chi connectivity index (χ0v) is 10.8. The first-order chi connectivity index (χ1) is 9.09. The molecule has 1 aromatic rings. The first-order valence-electron chi connectivity index (χ1n) is 6.37. The minimum Gasteiger partial charge on any atom is -0.478 e. The topological polar surface area (TPSA) is 66.4 Å². The van der Waals surface area contributed by atoms with Gasteiger partial charge in [0.25, 0.3) is 5.91 Å². The molecule has 2 N–H and O–H groups in total. The summed E-state index contributed by atoms with van der Waals surface area (Å²) in [4.78, 5) is 23.3. The van der Waals surface area contributed by atoms with Crippen molar-refractivity contribution in [1.29, 1.82) is 0 Å². The van der Waals surface area contributed by atoms with E-state index in [0.717, 1.165) is 12.8 Å². The third-order valence-corrected chi connectivity index (χ3v) is 3.47. The van der Waals surface area contributed by atoms with Gasteiger partial charge in [-0.05, 0) is 30.9 Å². The molecule has 100 valence electrons. The monoisotopic (exact) mass is 259 g/mol. The number of carboxylic acid groups (broad SMARTS) is 1. The molecule has 0 saturated heterocycles. The summed E-state index contributed by atoms with van der Waals surface area (Å²) in [7, 11) is 0. The van der Waals surface area contributed by atoms with E-state index in [4.69, 9.17) is 5.11 Å². The van der Waals surface area contributed by atoms with Crippen molar-refractivity contribution >= 4 is 11.9 Å². The highest BCUT2D eigenvalue weighted by molar-refractivity contribution is 6.04. The van der Waals surface area contributed by atoms with Crippen LogP contribution in [0.2, 0.25) is 0 Å². The number of nitrogens with one attached hydrogen (secondary N) is 1. The Kier molecular flexibility index (Phi) is 4.00. The molecule has 0 heterocycles. The Morgan fingerprint density at radius 1 is 1.16 bits per heavy atom. The van der Waals surface area contributed by atoms with Crippen molar-refractivity contribution in [1.82, 2.24) is 5.32 Å². The van der Waals surface area contributed by atoms with Crippen LogP contribution in [0.15, 0.2) is 36.4 Å². The van der Waals surface area contributed by atoms with Crippen LogP contribution in [-0.2, 0) is 0 Å². The predicted molar refractivity (Wildman–Crippen MR) is 72.2 cm³/mol. The van der Waals surface area contributed by atoms with Crippen LogP contribution in [0, 0.1) is 5.92 Å². The number of carboxylic acids is 1. The highest BCUT2D eigenvalue weighted by Crippen LogP contribution is 2.19. The summed E-state index contributed by atoms with van der Waals surface area (Å²) in [5, 5.41) is 12.0. The fraction of sp³-hybridized carbons (Fsp3) is 0.333. The summed E-state index contributed by atoms with van der Waals surface area (Å²) in [6, 6.07) is 6.35. The zero-order chi connectivity index (χ0) is 13.8. The van der Waals surface area contributed by atoms with Crippen molar-refractivity contribution in [3.63, 3.8) is 0 Å². The van der Waals surface area contributed by atoms with Gasteiger partial charge in [0, 0.05) is 6.04 Å². The first-order valence-corrected chi connectivity index (χ1v) is 6.37. The molecule has 19 heavy (non-hydrogen) atoms. The fourth-order valence-electron chi connectivity index (χ4n) is 2.27. The lowest BCUT2D eigenvalue weighted by Gasteiger charge is -2.26. The van der Waals surface area contributed by atoms with Crippen LogP contribution in [0.25, 0.3) is 0 Å². The molecule has 0 spiro atoms. The third kappa shape index (κ3) is 3.02. The minimum absolute atomic E-state index is 0.0407. The Labute approximate surface area is 112 Å². The molecule has 0 aromatic heterocycles. The van der Waals surface area contributed by atoms with Crippen molar-refractivity contribution < 1.29 is 14.7 Å². The highest BCUT2D eigenvalue weighted by Gasteiger charge is 2.23. The van der Waals surface area contributed by atoms with E-state index in [1.807, 2.05) is 6.08 Å². The Morgan fingerprint density at radius 3 is 2.42 bits per heavy atom. The summed E-state index contributed by atoms with van der Waals surface area (Å²) in [5.41, 5.74) is 0.260. The predicted octanol–water partition coefficient (Wildman–Crippen LogP) is 2.47. The van der Waals surface area contributed by atoms with Crippen LogP contribution in [0.1, 0.15) is 40.5 Å². The molecule has 2 rings (SSSR count). The first kappa shape index (κ1) is 13.3. The summed E-state index contributed by atoms with van der Waals surface area (Å²) < 4.78 is 0. The van der Waals surface area contributed by atoms with E-state index < -0.39 is 5.97 Å². The number of amides is 1. The van der Waals surface area contributed by atoms with Crippen LogP contribution >= 0.6 is 0 Å². The maximum Gasteiger partial charge on any atom is 0.336 e. The smallest absolute Gasteiger partial charge is 0.336 e. The number of carbonyl (C=O) groups is 2. The average molecular weight is 259 g/mol. The Hall–Kier alpha value is -2.10. The van der Waals surface area contributed by atoms with Gasteiger partial charge in [0.2, 0.25) is 0 Å². The molecule has 0 radical (unpaired) electrons. The van der Waals surface area contributed by atoms with E-state index in [1.54, 1.807) is 18.2 Å². The van der Waals surface area contributed by atoms with Crippen molar-refractivity contribution in [2.45, 2.75) is 25.8 Å². The van der Waals surface area contributed by atoms with E-state index in [2.05, 4.69) is 18.3 Å². The normalized spacial score (nSPS) is 21.9. The van der Waals surface area contributed by atoms with Gasteiger partial charge in [-0.2, -0.15) is 0 Å². The number of carbonyl (C=O) groups excluding carboxylic acids is 1. The molecule has 0 saturated carbocycles. The van der Waals surface area contributed by atoms with Crippen molar-refractivity contribution in [3.05, 3.63) is 47.5 Å². The zero-order valence-electron chi connectivity index (χ0n) is 10.8. The van der Waals surface area contributed by atoms with E-state index in [9.17, 15) is 9.59 Å². The summed E-state index contributed by atoms with van der Waals surface area (Å²) in [5.74, 6) is -1.03. The largest absolute Gasteiger partial charge is 0.478 e. The second-order valence-electron chi connectivity index (χ2n) is 4.85. The lowest BCUT2D eigenvalue weighted by Crippen LogP contribution is -2.40. The molecule has 4 heteroatoms. The standard InChI is InChI=1S/C15H17NO3/c1-10-6-2-5-9-13(10)16-14(17)11-7-3-4-8-12(11)15(18)19/h2-5,7-8,10,13H,6,9H2,1H3,(H,16,17)(H,18,19)/t10?,13-/m1/s1. The molecule has 2 atom stereocenters. The lowest BCUT2D eigenvalue weighted by atomic mass is 9.90. The third-order valence-electron chi connectivity index (χ3n) is 3.47. The number of hydrogen-bond acceptors (Lipinski definition) is 2. The Morgan fingerprint density at radius 2 is 1.79 bits per heavy atom. The average Bonchev–Trinajstić information content (AvgIpc) is 2.41. The maximum atomic E-state index is 12.2. The van der Waals surface area contributed by atoms with Crippen molar-refractivity contribution in [2.75, 3.05) is 0 Å². The minimum atomic E-state index is -1.08. The highest BCUT2D eigenvalue weighted by atomic mass is 16.4. The number of aromatic carboxylic acids is 1. The van der Waals surface area contributed by atoms with Gasteiger partial charge in [0.1, 0.15) is 0 Å². The number of hydrogen-bond donors (Lipinski definition) is 2. The molecule has 1 aliphatic carbocycles. The summed E-state index contributed by atoms with van der Waals surface area (Å²) in [6.07, 6.45) is 5.89. The summed E-state index contributed by atoms with van der Waals surface area (Å²) >= 11 is 0. The van der Waals surface area contributed by atoms with Crippen LogP contribution in [-0.4, -0.2) is 23.0 Å². The molecule has 0 bridgehead atoms. The van der Waals surface area contributed by atoms with Gasteiger partial charge >= 0.3 is 5.97 Å². The van der Waals surface area contributed by atoms with E-state index in [-0.39, 0.29) is 23.1 Å². The molecular weight excluding hydrogens is 242 g/mol. The number of allylic oxidation sites excluding steroid dienone is 1. The Bertz CT molecular complexity index is 522. The molecule has 1 aliphatic rings. The SMILES string of the molecule is CC1CC=CC[C@H]1NC(=O)c1ccccc1C(=O)O. The Balaban J connectivity index is 2.16. The summed E-state index contributed by atoms with van der Waals surface area (Å²) in [6.45, 7) is 2.08. The lowest BCUT2D eigenvalue weighted by molar-refractivity contribution is 0.0690. The van der Waals surface area contributed by atoms with Crippen molar-refractivity contribution in [3.8, 4) is 0 Å². The maximum absolute atomic E-state index is 12.2. The molecule has 0 aliphatic heterocycles. The van der Waals surface area contributed by atoms with Crippen LogP contribution < -0.4 is 5.32 Å². The second kappa shape index (κ2) is 5.69. The molecule has 1 amide bonds. The van der Waals surface area contributed by atoms with Gasteiger partial charge in [0.05, 0.1) is 11.1 Å². The van der Waals surface area contributed by atoms with Gasteiger partial charge in [-0.3, -0.25) is 4.79 Å². The molecular formula is C15H17NO3. The second-order valence-corrected chi connectivity index (χ2v) is 4.85. The number of benzene rings is 1. The van der Waals surface area contributed by atoms with Gasteiger partial charge in [-0.25, -0.2) is 4.79 Å².